The monoisotopic (exact) mass is 267 g/mol. The molecular weight excluding hydrogens is 250 g/mol. The van der Waals surface area contributed by atoms with Crippen LogP contribution in [0.1, 0.15) is 29.2 Å². The maximum atomic E-state index is 11.4. The first kappa shape index (κ1) is 12.8. The molecule has 2 N–H and O–H groups in total. The molecule has 0 aliphatic carbocycles. The average molecular weight is 267 g/mol. The topological polar surface area (TPSA) is 54.0 Å². The number of benzene rings is 1. The second kappa shape index (κ2) is 5.43. The summed E-state index contributed by atoms with van der Waals surface area (Å²) in [5.41, 5.74) is 4.53. The lowest BCUT2D eigenvalue weighted by Crippen LogP contribution is -2.21. The Hall–Kier alpha value is -2.20. The predicted octanol–water partition coefficient (Wildman–Crippen LogP) is 2.28. The quantitative estimate of drug-likeness (QED) is 0.897. The lowest BCUT2D eigenvalue weighted by molar-refractivity contribution is -0.116. The maximum Gasteiger partial charge on any atom is 0.224 e. The molecule has 1 amide bonds. The summed E-state index contributed by atoms with van der Waals surface area (Å²) >= 11 is 0. The molecule has 2 heterocycles. The molecule has 4 heteroatoms. The van der Waals surface area contributed by atoms with Gasteiger partial charge in [0.1, 0.15) is 0 Å². The van der Waals surface area contributed by atoms with Gasteiger partial charge in [0.05, 0.1) is 6.04 Å². The van der Waals surface area contributed by atoms with Crippen LogP contribution >= 0.6 is 0 Å². The number of nitrogens with zero attached hydrogens (tertiary/aromatic N) is 1. The Balaban J connectivity index is 1.95. The summed E-state index contributed by atoms with van der Waals surface area (Å²) in [6.07, 6.45) is 4.98. The van der Waals surface area contributed by atoms with E-state index in [0.29, 0.717) is 6.42 Å². The van der Waals surface area contributed by atoms with Gasteiger partial charge in [-0.25, -0.2) is 0 Å². The summed E-state index contributed by atoms with van der Waals surface area (Å²) < 4.78 is 0. The van der Waals surface area contributed by atoms with Crippen LogP contribution in [0.2, 0.25) is 0 Å². The van der Waals surface area contributed by atoms with Crippen molar-refractivity contribution >= 4 is 11.6 Å². The van der Waals surface area contributed by atoms with E-state index >= 15 is 0 Å². The summed E-state index contributed by atoms with van der Waals surface area (Å²) in [5.74, 6) is 0.101. The van der Waals surface area contributed by atoms with Gasteiger partial charge in [-0.2, -0.15) is 0 Å². The summed E-state index contributed by atoms with van der Waals surface area (Å²) in [6.45, 7) is 0. The lowest BCUT2D eigenvalue weighted by atomic mass is 9.94. The zero-order valence-electron chi connectivity index (χ0n) is 11.4. The second-order valence-corrected chi connectivity index (χ2v) is 4.97. The van der Waals surface area contributed by atoms with Gasteiger partial charge in [0, 0.05) is 24.5 Å². The highest BCUT2D eigenvalue weighted by Crippen LogP contribution is 2.28. The van der Waals surface area contributed by atoms with E-state index in [2.05, 4.69) is 27.8 Å². The number of aryl methyl sites for hydroxylation is 1. The number of anilines is 1. The number of hydrogen-bond acceptors (Lipinski definition) is 3. The maximum absolute atomic E-state index is 11.4. The minimum absolute atomic E-state index is 0.101. The fraction of sp³-hybridized carbons (Fsp3) is 0.250. The number of hydrogen-bond donors (Lipinski definition) is 2. The minimum atomic E-state index is 0.101. The van der Waals surface area contributed by atoms with Gasteiger partial charge in [-0.3, -0.25) is 9.78 Å². The van der Waals surface area contributed by atoms with E-state index in [9.17, 15) is 4.79 Å². The van der Waals surface area contributed by atoms with Crippen LogP contribution in [-0.2, 0) is 11.2 Å². The van der Waals surface area contributed by atoms with E-state index in [1.54, 1.807) is 12.4 Å². The Labute approximate surface area is 118 Å². The highest BCUT2D eigenvalue weighted by molar-refractivity contribution is 5.93. The van der Waals surface area contributed by atoms with Gasteiger partial charge in [0.15, 0.2) is 0 Å². The summed E-state index contributed by atoms with van der Waals surface area (Å²) in [6, 6.07) is 10.4. The first-order valence-electron chi connectivity index (χ1n) is 6.78. The number of aromatic nitrogens is 1. The fourth-order valence-corrected chi connectivity index (χ4v) is 2.66. The van der Waals surface area contributed by atoms with Gasteiger partial charge >= 0.3 is 0 Å². The van der Waals surface area contributed by atoms with Crippen molar-refractivity contribution in [3.05, 3.63) is 59.4 Å². The third kappa shape index (κ3) is 2.42. The molecular formula is C16H17N3O. The number of nitrogens with one attached hydrogen (secondary N) is 2. The normalized spacial score (nSPS) is 15.3. The van der Waals surface area contributed by atoms with Crippen LogP contribution in [0.3, 0.4) is 0 Å². The van der Waals surface area contributed by atoms with E-state index in [4.69, 9.17) is 0 Å². The van der Waals surface area contributed by atoms with E-state index in [1.807, 2.05) is 25.2 Å². The van der Waals surface area contributed by atoms with E-state index < -0.39 is 0 Å². The van der Waals surface area contributed by atoms with Gasteiger partial charge < -0.3 is 10.6 Å². The van der Waals surface area contributed by atoms with Gasteiger partial charge in [-0.1, -0.05) is 12.1 Å². The van der Waals surface area contributed by atoms with Crippen LogP contribution in [-0.4, -0.2) is 17.9 Å². The standard InChI is InChI=1S/C16H17N3O/c1-17-16(11-6-8-18-9-7-11)13-2-4-14-12(10-13)3-5-15(20)19-14/h2,4,6-10,16-17H,3,5H2,1H3,(H,19,20). The van der Waals surface area contributed by atoms with Crippen LogP contribution in [0.4, 0.5) is 5.69 Å². The van der Waals surface area contributed by atoms with Crippen molar-refractivity contribution < 1.29 is 4.79 Å². The summed E-state index contributed by atoms with van der Waals surface area (Å²) in [4.78, 5) is 15.5. The first-order valence-corrected chi connectivity index (χ1v) is 6.78. The fourth-order valence-electron chi connectivity index (χ4n) is 2.66. The largest absolute Gasteiger partial charge is 0.326 e. The van der Waals surface area contributed by atoms with Crippen molar-refractivity contribution in [1.82, 2.24) is 10.3 Å². The Bertz CT molecular complexity index is 625. The SMILES string of the molecule is CNC(c1ccncc1)c1ccc2c(c1)CCC(=O)N2. The van der Waals surface area contributed by atoms with Gasteiger partial charge in [-0.05, 0) is 48.4 Å². The predicted molar refractivity (Wildman–Crippen MR) is 78.5 cm³/mol. The zero-order chi connectivity index (χ0) is 13.9. The molecule has 1 unspecified atom stereocenters. The molecule has 0 bridgehead atoms. The van der Waals surface area contributed by atoms with Crippen molar-refractivity contribution in [2.45, 2.75) is 18.9 Å². The van der Waals surface area contributed by atoms with Gasteiger partial charge in [0.25, 0.3) is 0 Å². The Morgan fingerprint density at radius 1 is 1.15 bits per heavy atom. The molecule has 20 heavy (non-hydrogen) atoms. The number of carbonyl (C=O) groups is 1. The Kier molecular flexibility index (Phi) is 3.48. The van der Waals surface area contributed by atoms with Crippen LogP contribution in [0.5, 0.6) is 0 Å². The first-order chi connectivity index (χ1) is 9.78. The van der Waals surface area contributed by atoms with E-state index in [-0.39, 0.29) is 11.9 Å². The van der Waals surface area contributed by atoms with Crippen LogP contribution in [0.25, 0.3) is 0 Å². The minimum Gasteiger partial charge on any atom is -0.326 e. The van der Waals surface area contributed by atoms with Gasteiger partial charge in [-0.15, -0.1) is 0 Å². The molecule has 0 radical (unpaired) electrons. The molecule has 1 aliphatic rings. The van der Waals surface area contributed by atoms with E-state index in [0.717, 1.165) is 12.1 Å². The van der Waals surface area contributed by atoms with Crippen molar-refractivity contribution in [3.8, 4) is 0 Å². The third-order valence-electron chi connectivity index (χ3n) is 3.69. The zero-order valence-corrected chi connectivity index (χ0v) is 11.4. The molecule has 102 valence electrons. The summed E-state index contributed by atoms with van der Waals surface area (Å²) in [7, 11) is 1.95. The van der Waals surface area contributed by atoms with Gasteiger partial charge in [0.2, 0.25) is 5.91 Å². The van der Waals surface area contributed by atoms with Crippen LogP contribution < -0.4 is 10.6 Å². The number of rotatable bonds is 3. The number of fused-ring (bicyclic) bond motifs is 1. The number of carbonyl (C=O) groups excluding carboxylic acids is 1. The molecule has 0 saturated carbocycles. The molecule has 0 saturated heterocycles. The number of pyridine rings is 1. The lowest BCUT2D eigenvalue weighted by Gasteiger charge is -2.21. The molecule has 1 aromatic heterocycles. The third-order valence-corrected chi connectivity index (χ3v) is 3.69. The molecule has 1 atom stereocenters. The van der Waals surface area contributed by atoms with Crippen molar-refractivity contribution in [2.75, 3.05) is 12.4 Å². The smallest absolute Gasteiger partial charge is 0.224 e. The van der Waals surface area contributed by atoms with Crippen LogP contribution in [0, 0.1) is 0 Å². The highest BCUT2D eigenvalue weighted by Gasteiger charge is 2.18. The van der Waals surface area contributed by atoms with Crippen LogP contribution in [0.15, 0.2) is 42.7 Å². The molecule has 0 fully saturated rings. The second-order valence-electron chi connectivity index (χ2n) is 4.97. The molecule has 2 aromatic rings. The Morgan fingerprint density at radius 3 is 2.70 bits per heavy atom. The van der Waals surface area contributed by atoms with Crippen molar-refractivity contribution in [3.63, 3.8) is 0 Å². The molecule has 0 spiro atoms. The van der Waals surface area contributed by atoms with E-state index in [1.165, 1.54) is 16.7 Å². The molecule has 4 nitrogen and oxygen atoms in total. The van der Waals surface area contributed by atoms with Crippen molar-refractivity contribution in [2.24, 2.45) is 0 Å². The molecule has 1 aliphatic heterocycles. The average Bonchev–Trinajstić information content (AvgIpc) is 2.49. The summed E-state index contributed by atoms with van der Waals surface area (Å²) in [5, 5.41) is 6.25. The molecule has 1 aromatic carbocycles. The Morgan fingerprint density at radius 2 is 1.95 bits per heavy atom. The highest BCUT2D eigenvalue weighted by atomic mass is 16.1. The van der Waals surface area contributed by atoms with Crippen molar-refractivity contribution in [1.29, 1.82) is 0 Å². The molecule has 3 rings (SSSR count). The number of amides is 1.